The highest BCUT2D eigenvalue weighted by Crippen LogP contribution is 2.35. The first-order valence-corrected chi connectivity index (χ1v) is 9.87. The average molecular weight is 334 g/mol. The van der Waals surface area contributed by atoms with E-state index in [4.69, 9.17) is 4.74 Å². The molecule has 0 bridgehead atoms. The van der Waals surface area contributed by atoms with Gasteiger partial charge in [0.1, 0.15) is 4.90 Å². The van der Waals surface area contributed by atoms with Gasteiger partial charge in [0.05, 0.1) is 12.2 Å². The predicted molar refractivity (Wildman–Crippen MR) is 88.1 cm³/mol. The lowest BCUT2D eigenvalue weighted by molar-refractivity contribution is -0.101. The summed E-state index contributed by atoms with van der Waals surface area (Å²) >= 11 is 0. The summed E-state index contributed by atoms with van der Waals surface area (Å²) in [5.74, 6) is 0.604. The van der Waals surface area contributed by atoms with Crippen LogP contribution in [0.15, 0.2) is 33.6 Å². The van der Waals surface area contributed by atoms with Gasteiger partial charge in [0, 0.05) is 18.7 Å². The Morgan fingerprint density at radius 1 is 1.09 bits per heavy atom. The van der Waals surface area contributed by atoms with Crippen LogP contribution in [0.3, 0.4) is 0 Å². The zero-order chi connectivity index (χ0) is 15.9. The zero-order valence-electron chi connectivity index (χ0n) is 13.2. The van der Waals surface area contributed by atoms with E-state index in [1.165, 1.54) is 25.7 Å². The SMILES string of the molecule is O=S1(=O)N=C(N2CCOC3(CCCCCC3)C2)c2ccccc21. The molecule has 0 aromatic heterocycles. The Labute approximate surface area is 137 Å². The number of benzene rings is 1. The predicted octanol–water partition coefficient (Wildman–Crippen LogP) is 2.56. The number of sulfonamides is 1. The Morgan fingerprint density at radius 3 is 2.61 bits per heavy atom. The molecule has 5 nitrogen and oxygen atoms in total. The minimum atomic E-state index is -3.55. The monoisotopic (exact) mass is 334 g/mol. The van der Waals surface area contributed by atoms with E-state index in [1.807, 2.05) is 12.1 Å². The number of morpholine rings is 1. The molecule has 1 aromatic rings. The van der Waals surface area contributed by atoms with Crippen LogP contribution in [0.25, 0.3) is 0 Å². The highest BCUT2D eigenvalue weighted by atomic mass is 32.2. The standard InChI is InChI=1S/C17H22N2O3S/c20-23(21)15-8-4-3-7-14(15)16(18-23)19-11-12-22-17(13-19)9-5-1-2-6-10-17/h3-4,7-8H,1-2,5-6,9-13H2. The number of nitrogens with zero attached hydrogens (tertiary/aromatic N) is 2. The summed E-state index contributed by atoms with van der Waals surface area (Å²) < 4.78 is 34.8. The molecule has 3 aliphatic rings. The number of hydrogen-bond donors (Lipinski definition) is 0. The van der Waals surface area contributed by atoms with Crippen LogP contribution in [0.4, 0.5) is 0 Å². The molecule has 124 valence electrons. The summed E-state index contributed by atoms with van der Waals surface area (Å²) in [6.07, 6.45) is 7.04. The van der Waals surface area contributed by atoms with Crippen molar-refractivity contribution in [3.8, 4) is 0 Å². The highest BCUT2D eigenvalue weighted by molar-refractivity contribution is 7.90. The van der Waals surface area contributed by atoms with Crippen molar-refractivity contribution in [2.45, 2.75) is 49.0 Å². The molecule has 4 rings (SSSR count). The lowest BCUT2D eigenvalue weighted by Crippen LogP contribution is -2.53. The molecule has 1 aliphatic carbocycles. The summed E-state index contributed by atoms with van der Waals surface area (Å²) in [5, 5.41) is 0. The van der Waals surface area contributed by atoms with Gasteiger partial charge in [-0.25, -0.2) is 0 Å². The molecule has 2 heterocycles. The second-order valence-corrected chi connectivity index (χ2v) is 8.33. The Kier molecular flexibility index (Phi) is 3.69. The third-order valence-electron chi connectivity index (χ3n) is 5.18. The van der Waals surface area contributed by atoms with Gasteiger partial charge < -0.3 is 9.64 Å². The van der Waals surface area contributed by atoms with Crippen LogP contribution in [0, 0.1) is 0 Å². The van der Waals surface area contributed by atoms with Crippen LogP contribution in [0.2, 0.25) is 0 Å². The Hall–Kier alpha value is -1.40. The maximum Gasteiger partial charge on any atom is 0.285 e. The minimum absolute atomic E-state index is 0.126. The van der Waals surface area contributed by atoms with Crippen molar-refractivity contribution in [3.63, 3.8) is 0 Å². The van der Waals surface area contributed by atoms with Crippen molar-refractivity contribution < 1.29 is 13.2 Å². The molecule has 0 atom stereocenters. The molecule has 1 aromatic carbocycles. The van der Waals surface area contributed by atoms with E-state index in [2.05, 4.69) is 9.30 Å². The first kappa shape index (κ1) is 15.1. The van der Waals surface area contributed by atoms with E-state index < -0.39 is 10.0 Å². The fourth-order valence-corrected chi connectivity index (χ4v) is 5.25. The summed E-state index contributed by atoms with van der Waals surface area (Å²) in [6, 6.07) is 7.12. The summed E-state index contributed by atoms with van der Waals surface area (Å²) in [7, 11) is -3.55. The fourth-order valence-electron chi connectivity index (χ4n) is 4.02. The Balaban J connectivity index is 1.66. The average Bonchev–Trinajstić information content (AvgIpc) is 2.69. The molecule has 0 amide bonds. The van der Waals surface area contributed by atoms with Gasteiger partial charge in [-0.3, -0.25) is 0 Å². The fraction of sp³-hybridized carbons (Fsp3) is 0.588. The van der Waals surface area contributed by atoms with Gasteiger partial charge in [-0.1, -0.05) is 37.8 Å². The molecule has 6 heteroatoms. The number of ether oxygens (including phenoxy) is 1. The van der Waals surface area contributed by atoms with Crippen LogP contribution < -0.4 is 0 Å². The van der Waals surface area contributed by atoms with Crippen LogP contribution in [-0.2, 0) is 14.8 Å². The van der Waals surface area contributed by atoms with Crippen LogP contribution in [0.5, 0.6) is 0 Å². The molecule has 2 fully saturated rings. The van der Waals surface area contributed by atoms with Crippen LogP contribution in [-0.4, -0.2) is 44.5 Å². The number of fused-ring (bicyclic) bond motifs is 1. The number of hydrogen-bond acceptors (Lipinski definition) is 4. The van der Waals surface area contributed by atoms with Gasteiger partial charge in [0.2, 0.25) is 0 Å². The van der Waals surface area contributed by atoms with Crippen molar-refractivity contribution in [1.82, 2.24) is 4.90 Å². The topological polar surface area (TPSA) is 59.0 Å². The minimum Gasteiger partial charge on any atom is -0.371 e. The van der Waals surface area contributed by atoms with Crippen LogP contribution >= 0.6 is 0 Å². The van der Waals surface area contributed by atoms with Crippen molar-refractivity contribution >= 4 is 15.9 Å². The van der Waals surface area contributed by atoms with Gasteiger partial charge in [0.25, 0.3) is 10.0 Å². The van der Waals surface area contributed by atoms with Gasteiger partial charge in [0.15, 0.2) is 5.84 Å². The molecule has 0 radical (unpaired) electrons. The van der Waals surface area contributed by atoms with Crippen molar-refractivity contribution in [2.24, 2.45) is 4.40 Å². The largest absolute Gasteiger partial charge is 0.371 e. The summed E-state index contributed by atoms with van der Waals surface area (Å²) in [6.45, 7) is 2.08. The lowest BCUT2D eigenvalue weighted by Gasteiger charge is -2.43. The summed E-state index contributed by atoms with van der Waals surface area (Å²) in [5.41, 5.74) is 0.608. The van der Waals surface area contributed by atoms with Gasteiger partial charge in [-0.15, -0.1) is 4.40 Å². The maximum atomic E-state index is 12.3. The van der Waals surface area contributed by atoms with Gasteiger partial charge in [-0.2, -0.15) is 8.42 Å². The molecule has 0 unspecified atom stereocenters. The molecule has 0 N–H and O–H groups in total. The van der Waals surface area contributed by atoms with E-state index in [0.29, 0.717) is 23.9 Å². The van der Waals surface area contributed by atoms with E-state index >= 15 is 0 Å². The molecule has 23 heavy (non-hydrogen) atoms. The molecule has 1 spiro atoms. The number of rotatable bonds is 0. The lowest BCUT2D eigenvalue weighted by atomic mass is 9.92. The smallest absolute Gasteiger partial charge is 0.285 e. The van der Waals surface area contributed by atoms with Crippen molar-refractivity contribution in [2.75, 3.05) is 19.7 Å². The molecule has 1 saturated carbocycles. The molecular formula is C17H22N2O3S. The third kappa shape index (κ3) is 2.68. The van der Waals surface area contributed by atoms with Gasteiger partial charge in [-0.05, 0) is 25.0 Å². The zero-order valence-corrected chi connectivity index (χ0v) is 14.0. The molecule has 2 aliphatic heterocycles. The van der Waals surface area contributed by atoms with Crippen LogP contribution in [0.1, 0.15) is 44.1 Å². The molecular weight excluding hydrogens is 312 g/mol. The second kappa shape index (κ2) is 5.60. The van der Waals surface area contributed by atoms with E-state index in [-0.39, 0.29) is 5.60 Å². The van der Waals surface area contributed by atoms with E-state index in [0.717, 1.165) is 24.9 Å². The third-order valence-corrected chi connectivity index (χ3v) is 6.50. The Morgan fingerprint density at radius 2 is 1.83 bits per heavy atom. The van der Waals surface area contributed by atoms with Gasteiger partial charge >= 0.3 is 0 Å². The highest BCUT2D eigenvalue weighted by Gasteiger charge is 2.40. The number of amidine groups is 1. The molecule has 1 saturated heterocycles. The first-order valence-electron chi connectivity index (χ1n) is 8.43. The summed E-state index contributed by atoms with van der Waals surface area (Å²) in [4.78, 5) is 2.45. The van der Waals surface area contributed by atoms with Crippen molar-refractivity contribution in [1.29, 1.82) is 0 Å². The van der Waals surface area contributed by atoms with E-state index in [1.54, 1.807) is 12.1 Å². The Bertz CT molecular complexity index is 734. The van der Waals surface area contributed by atoms with E-state index in [9.17, 15) is 8.42 Å². The first-order chi connectivity index (χ1) is 11.1. The van der Waals surface area contributed by atoms with Crippen molar-refractivity contribution in [3.05, 3.63) is 29.8 Å². The quantitative estimate of drug-likeness (QED) is 0.732. The normalized spacial score (nSPS) is 25.7. The maximum absolute atomic E-state index is 12.3. The second-order valence-electron chi connectivity index (χ2n) is 6.75.